The number of benzene rings is 1. The predicted molar refractivity (Wildman–Crippen MR) is 139 cm³/mol. The third kappa shape index (κ3) is 4.16. The summed E-state index contributed by atoms with van der Waals surface area (Å²) in [6.45, 7) is 9.59. The standard InChI is InChI=1S/C31H45NO2/c1-20-6-5-7-23(18-20)32-29(34)13-8-21(2)26-11-12-27-25-10-9-22-19-24(33)14-16-30(22,3)28(25)15-17-31(26,27)4/h5-7,9,18,21,24-28,33H,8,10-17,19H2,1-4H3,(H,32,34)/t21-,24+,25+,26-,27+,28+,30+,31-/m1/s1. The van der Waals surface area contributed by atoms with Crippen LogP contribution in [0.3, 0.4) is 0 Å². The molecule has 0 aliphatic heterocycles. The summed E-state index contributed by atoms with van der Waals surface area (Å²) >= 11 is 0. The minimum Gasteiger partial charge on any atom is -0.393 e. The van der Waals surface area contributed by atoms with Crippen LogP contribution in [0.2, 0.25) is 0 Å². The first-order valence-electron chi connectivity index (χ1n) is 13.9. The molecular weight excluding hydrogens is 418 g/mol. The van der Waals surface area contributed by atoms with E-state index in [4.69, 9.17) is 0 Å². The lowest BCUT2D eigenvalue weighted by molar-refractivity contribution is -0.116. The van der Waals surface area contributed by atoms with E-state index in [1.54, 1.807) is 5.57 Å². The van der Waals surface area contributed by atoms with Gasteiger partial charge in [-0.05, 0) is 123 Å². The lowest BCUT2D eigenvalue weighted by Crippen LogP contribution is -2.50. The van der Waals surface area contributed by atoms with Gasteiger partial charge in [-0.25, -0.2) is 0 Å². The summed E-state index contributed by atoms with van der Waals surface area (Å²) in [4.78, 5) is 12.7. The van der Waals surface area contributed by atoms with Crippen molar-refractivity contribution >= 4 is 11.6 Å². The number of carbonyl (C=O) groups excluding carboxylic acids is 1. The van der Waals surface area contributed by atoms with Crippen LogP contribution in [0.4, 0.5) is 5.69 Å². The number of amides is 1. The number of aliphatic hydroxyl groups excluding tert-OH is 1. The van der Waals surface area contributed by atoms with Crippen molar-refractivity contribution in [1.82, 2.24) is 0 Å². The zero-order valence-electron chi connectivity index (χ0n) is 21.8. The van der Waals surface area contributed by atoms with Crippen molar-refractivity contribution in [3.8, 4) is 0 Å². The third-order valence-corrected chi connectivity index (χ3v) is 11.0. The largest absolute Gasteiger partial charge is 0.393 e. The van der Waals surface area contributed by atoms with Gasteiger partial charge in [0.25, 0.3) is 0 Å². The van der Waals surface area contributed by atoms with E-state index in [2.05, 4.69) is 45.2 Å². The molecule has 0 spiro atoms. The van der Waals surface area contributed by atoms with Crippen molar-refractivity contribution in [2.45, 2.75) is 98.0 Å². The Hall–Kier alpha value is -1.61. The van der Waals surface area contributed by atoms with E-state index in [9.17, 15) is 9.90 Å². The van der Waals surface area contributed by atoms with Crippen LogP contribution in [0, 0.1) is 47.3 Å². The van der Waals surface area contributed by atoms with Gasteiger partial charge in [0.05, 0.1) is 6.10 Å². The molecule has 2 N–H and O–H groups in total. The first kappa shape index (κ1) is 24.1. The Labute approximate surface area is 206 Å². The topological polar surface area (TPSA) is 49.3 Å². The Morgan fingerprint density at radius 3 is 2.76 bits per heavy atom. The molecule has 3 heteroatoms. The first-order valence-corrected chi connectivity index (χ1v) is 13.9. The number of rotatable bonds is 5. The maximum Gasteiger partial charge on any atom is 0.224 e. The first-order chi connectivity index (χ1) is 16.2. The highest BCUT2D eigenvalue weighted by atomic mass is 16.3. The van der Waals surface area contributed by atoms with E-state index in [1.807, 2.05) is 18.2 Å². The molecule has 0 radical (unpaired) electrons. The van der Waals surface area contributed by atoms with Crippen LogP contribution in [0.1, 0.15) is 90.5 Å². The SMILES string of the molecule is Cc1cccc(NC(=O)CC[C@@H](C)[C@H]2CC[C@H]3[C@@H]4CC=C5C[C@@H](O)CC[C@]5(C)[C@H]4CC[C@]23C)c1. The van der Waals surface area contributed by atoms with Gasteiger partial charge in [0.15, 0.2) is 0 Å². The second-order valence-electron chi connectivity index (χ2n) is 12.8. The van der Waals surface area contributed by atoms with Crippen molar-refractivity contribution in [2.24, 2.45) is 40.4 Å². The average molecular weight is 464 g/mol. The third-order valence-electron chi connectivity index (χ3n) is 11.0. The van der Waals surface area contributed by atoms with Crippen LogP contribution in [0.25, 0.3) is 0 Å². The van der Waals surface area contributed by atoms with Gasteiger partial charge in [-0.3, -0.25) is 4.79 Å². The van der Waals surface area contributed by atoms with E-state index >= 15 is 0 Å². The minimum atomic E-state index is -0.121. The lowest BCUT2D eigenvalue weighted by Gasteiger charge is -2.58. The Morgan fingerprint density at radius 2 is 1.97 bits per heavy atom. The fraction of sp³-hybridized carbons (Fsp3) is 0.710. The molecular formula is C31H45NO2. The Kier molecular flexibility index (Phi) is 6.46. The monoisotopic (exact) mass is 463 g/mol. The summed E-state index contributed by atoms with van der Waals surface area (Å²) in [6.07, 6.45) is 13.7. The number of aliphatic hydroxyl groups is 1. The molecule has 1 aromatic carbocycles. The van der Waals surface area contributed by atoms with Gasteiger partial charge in [-0.15, -0.1) is 0 Å². The maximum atomic E-state index is 12.7. The number of hydrogen-bond donors (Lipinski definition) is 2. The van der Waals surface area contributed by atoms with Gasteiger partial charge in [0.1, 0.15) is 0 Å². The minimum absolute atomic E-state index is 0.121. The molecule has 3 nitrogen and oxygen atoms in total. The van der Waals surface area contributed by atoms with Crippen LogP contribution in [-0.2, 0) is 4.79 Å². The average Bonchev–Trinajstić information content (AvgIpc) is 3.15. The van der Waals surface area contributed by atoms with Gasteiger partial charge < -0.3 is 10.4 Å². The Morgan fingerprint density at radius 1 is 1.15 bits per heavy atom. The second kappa shape index (κ2) is 9.12. The smallest absolute Gasteiger partial charge is 0.224 e. The molecule has 4 aliphatic carbocycles. The van der Waals surface area contributed by atoms with E-state index in [0.29, 0.717) is 23.2 Å². The molecule has 0 heterocycles. The van der Waals surface area contributed by atoms with Crippen molar-refractivity contribution in [3.05, 3.63) is 41.5 Å². The van der Waals surface area contributed by atoms with Crippen molar-refractivity contribution in [1.29, 1.82) is 0 Å². The number of anilines is 1. The van der Waals surface area contributed by atoms with Crippen LogP contribution in [0.5, 0.6) is 0 Å². The molecule has 1 aromatic rings. The molecule has 0 saturated heterocycles. The summed E-state index contributed by atoms with van der Waals surface area (Å²) in [5.74, 6) is 3.90. The molecule has 1 amide bonds. The van der Waals surface area contributed by atoms with Gasteiger partial charge in [0, 0.05) is 12.1 Å². The van der Waals surface area contributed by atoms with E-state index < -0.39 is 0 Å². The molecule has 3 fully saturated rings. The quantitative estimate of drug-likeness (QED) is 0.450. The lowest BCUT2D eigenvalue weighted by atomic mass is 9.47. The van der Waals surface area contributed by atoms with Crippen molar-refractivity contribution in [2.75, 3.05) is 5.32 Å². The molecule has 8 atom stereocenters. The van der Waals surface area contributed by atoms with E-state index in [0.717, 1.165) is 48.6 Å². The maximum absolute atomic E-state index is 12.7. The van der Waals surface area contributed by atoms with E-state index in [1.165, 1.54) is 44.1 Å². The molecule has 4 aliphatic rings. The van der Waals surface area contributed by atoms with Crippen LogP contribution < -0.4 is 5.32 Å². The summed E-state index contributed by atoms with van der Waals surface area (Å²) in [5.41, 5.74) is 4.40. The number of aryl methyl sites for hydroxylation is 1. The molecule has 186 valence electrons. The van der Waals surface area contributed by atoms with E-state index in [-0.39, 0.29) is 12.0 Å². The van der Waals surface area contributed by atoms with Crippen LogP contribution in [0.15, 0.2) is 35.9 Å². The highest BCUT2D eigenvalue weighted by Crippen LogP contribution is 2.67. The van der Waals surface area contributed by atoms with Crippen molar-refractivity contribution in [3.63, 3.8) is 0 Å². The number of allylic oxidation sites excluding steroid dienone is 1. The van der Waals surface area contributed by atoms with Gasteiger partial charge >= 0.3 is 0 Å². The molecule has 0 aromatic heterocycles. The predicted octanol–water partition coefficient (Wildman–Crippen LogP) is 7.29. The number of carbonyl (C=O) groups is 1. The fourth-order valence-electron chi connectivity index (χ4n) is 9.12. The summed E-state index contributed by atoms with van der Waals surface area (Å²) < 4.78 is 0. The van der Waals surface area contributed by atoms with Gasteiger partial charge in [-0.2, -0.15) is 0 Å². The fourth-order valence-corrected chi connectivity index (χ4v) is 9.12. The molecule has 3 saturated carbocycles. The summed E-state index contributed by atoms with van der Waals surface area (Å²) in [7, 11) is 0. The van der Waals surface area contributed by atoms with Crippen LogP contribution >= 0.6 is 0 Å². The second-order valence-corrected chi connectivity index (χ2v) is 12.8. The molecule has 0 bridgehead atoms. The highest BCUT2D eigenvalue weighted by Gasteiger charge is 2.59. The molecule has 5 rings (SSSR count). The zero-order valence-corrected chi connectivity index (χ0v) is 21.8. The number of hydrogen-bond acceptors (Lipinski definition) is 2. The Balaban J connectivity index is 1.23. The number of nitrogens with one attached hydrogen (secondary N) is 1. The van der Waals surface area contributed by atoms with Crippen LogP contribution in [-0.4, -0.2) is 17.1 Å². The van der Waals surface area contributed by atoms with Crippen molar-refractivity contribution < 1.29 is 9.90 Å². The van der Waals surface area contributed by atoms with Gasteiger partial charge in [0.2, 0.25) is 5.91 Å². The Bertz CT molecular complexity index is 953. The molecule has 34 heavy (non-hydrogen) atoms. The zero-order chi connectivity index (χ0) is 24.1. The normalized spacial score (nSPS) is 39.9. The summed E-state index contributed by atoms with van der Waals surface area (Å²) in [5, 5.41) is 13.4. The summed E-state index contributed by atoms with van der Waals surface area (Å²) in [6, 6.07) is 8.08. The highest BCUT2D eigenvalue weighted by molar-refractivity contribution is 5.90. The van der Waals surface area contributed by atoms with Gasteiger partial charge in [-0.1, -0.05) is 44.6 Å². The number of fused-ring (bicyclic) bond motifs is 5. The molecule has 0 unspecified atom stereocenters.